The first-order valence-corrected chi connectivity index (χ1v) is 6.81. The maximum Gasteiger partial charge on any atom is 0.164 e. The van der Waals surface area contributed by atoms with Crippen molar-refractivity contribution in [1.82, 2.24) is 0 Å². The number of carbonyl (C=O) groups excluding carboxylic acids is 1. The van der Waals surface area contributed by atoms with Crippen molar-refractivity contribution < 1.29 is 4.79 Å². The molecule has 2 aromatic rings. The summed E-state index contributed by atoms with van der Waals surface area (Å²) >= 11 is 4.30. The molecule has 0 radical (unpaired) electrons. The number of carbonyl (C=O) groups is 1. The molecule has 1 aliphatic carbocycles. The second-order valence-corrected chi connectivity index (χ2v) is 5.21. The van der Waals surface area contributed by atoms with Crippen LogP contribution < -0.4 is 0 Å². The van der Waals surface area contributed by atoms with Crippen molar-refractivity contribution in [3.8, 4) is 0 Å². The summed E-state index contributed by atoms with van der Waals surface area (Å²) in [5, 5.41) is 0. The van der Waals surface area contributed by atoms with Crippen LogP contribution in [0.25, 0.3) is 11.1 Å². The van der Waals surface area contributed by atoms with Crippen molar-refractivity contribution in [3.05, 3.63) is 65.7 Å². The highest BCUT2D eigenvalue weighted by Gasteiger charge is 2.24. The minimum atomic E-state index is 0.246. The zero-order valence-corrected chi connectivity index (χ0v) is 11.4. The molecule has 0 heterocycles. The molecule has 1 aliphatic rings. The SMILES string of the molecule is O=C1CCC(c2ccc(S)cc2)=C1c1ccccc1. The second kappa shape index (κ2) is 5.06. The normalized spacial score (nSPS) is 15.1. The Hall–Kier alpha value is -1.80. The van der Waals surface area contributed by atoms with Crippen molar-refractivity contribution in [2.45, 2.75) is 17.7 Å². The van der Waals surface area contributed by atoms with E-state index in [1.807, 2.05) is 54.6 Å². The minimum absolute atomic E-state index is 0.246. The molecule has 2 heteroatoms. The van der Waals surface area contributed by atoms with Crippen molar-refractivity contribution >= 4 is 29.6 Å². The molecule has 0 saturated carbocycles. The summed E-state index contributed by atoms with van der Waals surface area (Å²) in [7, 11) is 0. The summed E-state index contributed by atoms with van der Waals surface area (Å²) in [6.45, 7) is 0. The number of benzene rings is 2. The lowest BCUT2D eigenvalue weighted by Crippen LogP contribution is -1.95. The predicted octanol–water partition coefficient (Wildman–Crippen LogP) is 4.25. The van der Waals surface area contributed by atoms with E-state index in [0.717, 1.165) is 33.6 Å². The molecule has 0 aliphatic heterocycles. The van der Waals surface area contributed by atoms with Crippen LogP contribution in [-0.4, -0.2) is 5.78 Å². The first kappa shape index (κ1) is 12.2. The van der Waals surface area contributed by atoms with E-state index in [0.29, 0.717) is 6.42 Å². The van der Waals surface area contributed by atoms with E-state index in [9.17, 15) is 4.79 Å². The van der Waals surface area contributed by atoms with Gasteiger partial charge in [-0.2, -0.15) is 0 Å². The Labute approximate surface area is 118 Å². The van der Waals surface area contributed by atoms with Crippen LogP contribution in [0, 0.1) is 0 Å². The highest BCUT2D eigenvalue weighted by molar-refractivity contribution is 7.80. The second-order valence-electron chi connectivity index (χ2n) is 4.69. The van der Waals surface area contributed by atoms with Gasteiger partial charge in [-0.1, -0.05) is 42.5 Å². The number of rotatable bonds is 2. The van der Waals surface area contributed by atoms with Crippen LogP contribution in [0.2, 0.25) is 0 Å². The fraction of sp³-hybridized carbons (Fsp3) is 0.118. The van der Waals surface area contributed by atoms with Crippen molar-refractivity contribution in [2.24, 2.45) is 0 Å². The quantitative estimate of drug-likeness (QED) is 0.804. The molecule has 1 nitrogen and oxygen atoms in total. The lowest BCUT2D eigenvalue weighted by Gasteiger charge is -2.07. The first-order chi connectivity index (χ1) is 9.25. The number of thiol groups is 1. The van der Waals surface area contributed by atoms with E-state index >= 15 is 0 Å². The van der Waals surface area contributed by atoms with Gasteiger partial charge in [-0.15, -0.1) is 12.6 Å². The summed E-state index contributed by atoms with van der Waals surface area (Å²) in [4.78, 5) is 13.1. The number of Topliss-reactive ketones (excluding diaryl/α,β-unsaturated/α-hetero) is 1. The Morgan fingerprint density at radius 3 is 2.16 bits per heavy atom. The molecule has 0 aromatic heterocycles. The van der Waals surface area contributed by atoms with Crippen LogP contribution in [0.5, 0.6) is 0 Å². The number of allylic oxidation sites excluding steroid dienone is 2. The third kappa shape index (κ3) is 2.36. The van der Waals surface area contributed by atoms with Crippen LogP contribution in [0.15, 0.2) is 59.5 Å². The lowest BCUT2D eigenvalue weighted by molar-refractivity contribution is -0.113. The molecule has 94 valence electrons. The van der Waals surface area contributed by atoms with Crippen molar-refractivity contribution in [1.29, 1.82) is 0 Å². The van der Waals surface area contributed by atoms with Gasteiger partial charge in [0.2, 0.25) is 0 Å². The summed E-state index contributed by atoms with van der Waals surface area (Å²) < 4.78 is 0. The van der Waals surface area contributed by atoms with E-state index in [-0.39, 0.29) is 5.78 Å². The van der Waals surface area contributed by atoms with Gasteiger partial charge in [0.1, 0.15) is 0 Å². The van der Waals surface area contributed by atoms with Crippen LogP contribution in [0.3, 0.4) is 0 Å². The van der Waals surface area contributed by atoms with Gasteiger partial charge in [-0.25, -0.2) is 0 Å². The molecular formula is C17H14OS. The molecule has 0 saturated heterocycles. The Balaban J connectivity index is 2.13. The van der Waals surface area contributed by atoms with Crippen LogP contribution in [0.1, 0.15) is 24.0 Å². The Bertz CT molecular complexity index is 639. The van der Waals surface area contributed by atoms with Gasteiger partial charge in [0.05, 0.1) is 0 Å². The van der Waals surface area contributed by atoms with Gasteiger partial charge < -0.3 is 0 Å². The fourth-order valence-corrected chi connectivity index (χ4v) is 2.70. The van der Waals surface area contributed by atoms with Gasteiger partial charge in [-0.05, 0) is 35.3 Å². The summed E-state index contributed by atoms with van der Waals surface area (Å²) in [5.74, 6) is 0.246. The Kier molecular flexibility index (Phi) is 3.26. The third-order valence-electron chi connectivity index (χ3n) is 3.46. The number of ketones is 1. The van der Waals surface area contributed by atoms with E-state index in [1.54, 1.807) is 0 Å². The van der Waals surface area contributed by atoms with Crippen molar-refractivity contribution in [3.63, 3.8) is 0 Å². The third-order valence-corrected chi connectivity index (χ3v) is 3.76. The number of hydrogen-bond acceptors (Lipinski definition) is 2. The molecule has 3 rings (SSSR count). The standard InChI is InChI=1S/C17H14OS/c18-16-11-10-15(12-6-8-14(19)9-7-12)17(16)13-4-2-1-3-5-13/h1-9,19H,10-11H2. The predicted molar refractivity (Wildman–Crippen MR) is 81.2 cm³/mol. The van der Waals surface area contributed by atoms with E-state index in [4.69, 9.17) is 0 Å². The molecule has 19 heavy (non-hydrogen) atoms. The number of hydrogen-bond donors (Lipinski definition) is 1. The van der Waals surface area contributed by atoms with E-state index in [2.05, 4.69) is 12.6 Å². The monoisotopic (exact) mass is 266 g/mol. The largest absolute Gasteiger partial charge is 0.294 e. The average Bonchev–Trinajstić information content (AvgIpc) is 2.82. The van der Waals surface area contributed by atoms with Gasteiger partial charge in [0.15, 0.2) is 5.78 Å². The molecular weight excluding hydrogens is 252 g/mol. The Morgan fingerprint density at radius 1 is 0.789 bits per heavy atom. The molecule has 2 aromatic carbocycles. The smallest absolute Gasteiger partial charge is 0.164 e. The van der Waals surface area contributed by atoms with E-state index < -0.39 is 0 Å². The highest BCUT2D eigenvalue weighted by Crippen LogP contribution is 2.37. The molecule has 0 spiro atoms. The maximum absolute atomic E-state index is 12.2. The molecule has 0 atom stereocenters. The minimum Gasteiger partial charge on any atom is -0.294 e. The molecule has 0 fully saturated rings. The van der Waals surface area contributed by atoms with Gasteiger partial charge >= 0.3 is 0 Å². The van der Waals surface area contributed by atoms with Gasteiger partial charge in [0, 0.05) is 16.9 Å². The zero-order valence-electron chi connectivity index (χ0n) is 10.5. The summed E-state index contributed by atoms with van der Waals surface area (Å²) in [5.41, 5.74) is 4.19. The van der Waals surface area contributed by atoms with Crippen molar-refractivity contribution in [2.75, 3.05) is 0 Å². The van der Waals surface area contributed by atoms with Crippen LogP contribution in [-0.2, 0) is 4.79 Å². The maximum atomic E-state index is 12.2. The Morgan fingerprint density at radius 2 is 1.47 bits per heavy atom. The highest BCUT2D eigenvalue weighted by atomic mass is 32.1. The lowest BCUT2D eigenvalue weighted by atomic mass is 9.97. The van der Waals surface area contributed by atoms with Gasteiger partial charge in [0.25, 0.3) is 0 Å². The molecule has 0 N–H and O–H groups in total. The van der Waals surface area contributed by atoms with Gasteiger partial charge in [-0.3, -0.25) is 4.79 Å². The van der Waals surface area contributed by atoms with Crippen LogP contribution >= 0.6 is 12.6 Å². The van der Waals surface area contributed by atoms with E-state index in [1.165, 1.54) is 0 Å². The average molecular weight is 266 g/mol. The first-order valence-electron chi connectivity index (χ1n) is 6.37. The molecule has 0 unspecified atom stereocenters. The van der Waals surface area contributed by atoms with Crippen LogP contribution in [0.4, 0.5) is 0 Å². The topological polar surface area (TPSA) is 17.1 Å². The molecule has 0 bridgehead atoms. The summed E-state index contributed by atoms with van der Waals surface area (Å²) in [6, 6.07) is 18.0. The summed E-state index contributed by atoms with van der Waals surface area (Å²) in [6.07, 6.45) is 1.44. The molecule has 0 amide bonds. The zero-order chi connectivity index (χ0) is 13.2. The fourth-order valence-electron chi connectivity index (χ4n) is 2.55.